The molecule has 0 saturated heterocycles. The van der Waals surface area contributed by atoms with E-state index in [1.165, 1.54) is 0 Å². The highest BCUT2D eigenvalue weighted by Crippen LogP contribution is 2.15. The molecule has 0 bridgehead atoms. The zero-order valence-corrected chi connectivity index (χ0v) is 12.3. The highest BCUT2D eigenvalue weighted by molar-refractivity contribution is 6.10. The first-order chi connectivity index (χ1) is 10.1. The number of ether oxygens (including phenoxy) is 2. The molecule has 1 atom stereocenters. The second kappa shape index (κ2) is 8.89. The molecule has 5 heteroatoms. The Morgan fingerprint density at radius 2 is 1.71 bits per heavy atom. The van der Waals surface area contributed by atoms with Gasteiger partial charge in [0.05, 0.1) is 19.6 Å². The number of esters is 2. The molecule has 1 unspecified atom stereocenters. The molecule has 5 nitrogen and oxygen atoms in total. The molecule has 21 heavy (non-hydrogen) atoms. The number of ketones is 1. The number of hydrogen-bond acceptors (Lipinski definition) is 5. The van der Waals surface area contributed by atoms with E-state index in [-0.39, 0.29) is 19.6 Å². The minimum absolute atomic E-state index is 0.154. The van der Waals surface area contributed by atoms with Crippen molar-refractivity contribution >= 4 is 17.7 Å². The number of hydrogen-bond donors (Lipinski definition) is 0. The maximum atomic E-state index is 12.4. The average Bonchev–Trinajstić information content (AvgIpc) is 2.51. The SMILES string of the molecule is CCCOC(=O)CC(C(=O)OCC)C(=O)c1ccccc1. The summed E-state index contributed by atoms with van der Waals surface area (Å²) in [6.45, 7) is 3.94. The van der Waals surface area contributed by atoms with Gasteiger partial charge in [-0.05, 0) is 13.3 Å². The lowest BCUT2D eigenvalue weighted by Crippen LogP contribution is -2.29. The van der Waals surface area contributed by atoms with E-state index < -0.39 is 23.6 Å². The fourth-order valence-electron chi connectivity index (χ4n) is 1.77. The summed E-state index contributed by atoms with van der Waals surface area (Å²) < 4.78 is 9.82. The Kier molecular flexibility index (Phi) is 7.15. The molecule has 0 amide bonds. The van der Waals surface area contributed by atoms with Crippen molar-refractivity contribution in [2.24, 2.45) is 5.92 Å². The number of carbonyl (C=O) groups is 3. The molecule has 0 radical (unpaired) electrons. The third kappa shape index (κ3) is 5.38. The molecule has 0 N–H and O–H groups in total. The standard InChI is InChI=1S/C16H20O5/c1-3-10-21-14(17)11-13(16(19)20-4-2)15(18)12-8-6-5-7-9-12/h5-9,13H,3-4,10-11H2,1-2H3. The van der Waals surface area contributed by atoms with E-state index in [4.69, 9.17) is 9.47 Å². The molecular formula is C16H20O5. The second-order valence-corrected chi connectivity index (χ2v) is 4.46. The molecule has 114 valence electrons. The Hall–Kier alpha value is -2.17. The lowest BCUT2D eigenvalue weighted by molar-refractivity contribution is -0.153. The van der Waals surface area contributed by atoms with Crippen LogP contribution in [0.2, 0.25) is 0 Å². The number of benzene rings is 1. The molecule has 1 aromatic rings. The quantitative estimate of drug-likeness (QED) is 0.418. The molecule has 0 aliphatic rings. The van der Waals surface area contributed by atoms with Gasteiger partial charge < -0.3 is 9.47 Å². The van der Waals surface area contributed by atoms with Crippen LogP contribution in [-0.4, -0.2) is 30.9 Å². The van der Waals surface area contributed by atoms with E-state index in [9.17, 15) is 14.4 Å². The maximum Gasteiger partial charge on any atom is 0.317 e. The van der Waals surface area contributed by atoms with Crippen molar-refractivity contribution < 1.29 is 23.9 Å². The van der Waals surface area contributed by atoms with Gasteiger partial charge in [0, 0.05) is 5.56 Å². The summed E-state index contributed by atoms with van der Waals surface area (Å²) >= 11 is 0. The summed E-state index contributed by atoms with van der Waals surface area (Å²) in [7, 11) is 0. The molecular weight excluding hydrogens is 272 g/mol. The summed E-state index contributed by atoms with van der Waals surface area (Å²) in [6.07, 6.45) is 0.384. The van der Waals surface area contributed by atoms with Gasteiger partial charge in [0.1, 0.15) is 5.92 Å². The van der Waals surface area contributed by atoms with Gasteiger partial charge in [-0.2, -0.15) is 0 Å². The zero-order valence-electron chi connectivity index (χ0n) is 12.3. The molecule has 0 heterocycles. The topological polar surface area (TPSA) is 69.7 Å². The summed E-state index contributed by atoms with van der Waals surface area (Å²) in [5.74, 6) is -2.85. The van der Waals surface area contributed by atoms with E-state index in [1.54, 1.807) is 37.3 Å². The van der Waals surface area contributed by atoms with E-state index in [0.29, 0.717) is 12.0 Å². The van der Waals surface area contributed by atoms with Gasteiger partial charge in [0.15, 0.2) is 5.78 Å². The Morgan fingerprint density at radius 3 is 2.29 bits per heavy atom. The lowest BCUT2D eigenvalue weighted by Gasteiger charge is -2.14. The van der Waals surface area contributed by atoms with Crippen molar-refractivity contribution in [2.75, 3.05) is 13.2 Å². The predicted octanol–water partition coefficient (Wildman–Crippen LogP) is 2.39. The maximum absolute atomic E-state index is 12.4. The minimum Gasteiger partial charge on any atom is -0.466 e. The van der Waals surface area contributed by atoms with Gasteiger partial charge >= 0.3 is 11.9 Å². The third-order valence-corrected chi connectivity index (χ3v) is 2.78. The van der Waals surface area contributed by atoms with Crippen LogP contribution in [0.3, 0.4) is 0 Å². The number of carbonyl (C=O) groups excluding carboxylic acids is 3. The summed E-state index contributed by atoms with van der Waals surface area (Å²) in [4.78, 5) is 36.0. The van der Waals surface area contributed by atoms with Crippen molar-refractivity contribution in [3.8, 4) is 0 Å². The molecule has 0 spiro atoms. The molecule has 0 fully saturated rings. The van der Waals surface area contributed by atoms with Crippen LogP contribution in [0, 0.1) is 5.92 Å². The van der Waals surface area contributed by atoms with Crippen molar-refractivity contribution in [3.05, 3.63) is 35.9 Å². The number of rotatable bonds is 8. The fourth-order valence-corrected chi connectivity index (χ4v) is 1.77. The first-order valence-electron chi connectivity index (χ1n) is 7.01. The van der Waals surface area contributed by atoms with E-state index in [0.717, 1.165) is 0 Å². The molecule has 1 aromatic carbocycles. The van der Waals surface area contributed by atoms with E-state index in [1.807, 2.05) is 6.92 Å². The van der Waals surface area contributed by atoms with Gasteiger partial charge in [-0.15, -0.1) is 0 Å². The van der Waals surface area contributed by atoms with Gasteiger partial charge in [-0.25, -0.2) is 0 Å². The zero-order chi connectivity index (χ0) is 15.7. The molecule has 0 aliphatic heterocycles. The van der Waals surface area contributed by atoms with Crippen LogP contribution in [0.4, 0.5) is 0 Å². The van der Waals surface area contributed by atoms with Gasteiger partial charge in [0.2, 0.25) is 0 Å². The van der Waals surface area contributed by atoms with Crippen LogP contribution in [0.25, 0.3) is 0 Å². The molecule has 0 aliphatic carbocycles. The van der Waals surface area contributed by atoms with Crippen molar-refractivity contribution in [1.82, 2.24) is 0 Å². The van der Waals surface area contributed by atoms with Crippen molar-refractivity contribution in [2.45, 2.75) is 26.7 Å². The van der Waals surface area contributed by atoms with Crippen LogP contribution in [-0.2, 0) is 19.1 Å². The van der Waals surface area contributed by atoms with E-state index in [2.05, 4.69) is 0 Å². The first kappa shape index (κ1) is 16.9. The lowest BCUT2D eigenvalue weighted by atomic mass is 9.94. The smallest absolute Gasteiger partial charge is 0.317 e. The van der Waals surface area contributed by atoms with Crippen molar-refractivity contribution in [1.29, 1.82) is 0 Å². The Bertz CT molecular complexity index is 481. The Morgan fingerprint density at radius 1 is 1.05 bits per heavy atom. The first-order valence-corrected chi connectivity index (χ1v) is 7.01. The van der Waals surface area contributed by atoms with Crippen LogP contribution in [0.1, 0.15) is 37.0 Å². The summed E-state index contributed by atoms with van der Waals surface area (Å²) in [6, 6.07) is 8.37. The molecule has 0 aromatic heterocycles. The molecule has 1 rings (SSSR count). The predicted molar refractivity (Wildman–Crippen MR) is 76.8 cm³/mol. The van der Waals surface area contributed by atoms with Crippen LogP contribution in [0.15, 0.2) is 30.3 Å². The highest BCUT2D eigenvalue weighted by atomic mass is 16.5. The largest absolute Gasteiger partial charge is 0.466 e. The fraction of sp³-hybridized carbons (Fsp3) is 0.438. The van der Waals surface area contributed by atoms with Crippen LogP contribution < -0.4 is 0 Å². The normalized spacial score (nSPS) is 11.5. The summed E-state index contributed by atoms with van der Waals surface area (Å²) in [5.41, 5.74) is 0.374. The second-order valence-electron chi connectivity index (χ2n) is 4.46. The van der Waals surface area contributed by atoms with Gasteiger partial charge in [-0.3, -0.25) is 14.4 Å². The van der Waals surface area contributed by atoms with Crippen LogP contribution >= 0.6 is 0 Å². The Balaban J connectivity index is 2.84. The van der Waals surface area contributed by atoms with Crippen molar-refractivity contribution in [3.63, 3.8) is 0 Å². The third-order valence-electron chi connectivity index (χ3n) is 2.78. The minimum atomic E-state index is -1.16. The average molecular weight is 292 g/mol. The Labute approximate surface area is 124 Å². The summed E-state index contributed by atoms with van der Waals surface area (Å²) in [5, 5.41) is 0. The van der Waals surface area contributed by atoms with Gasteiger partial charge in [0.25, 0.3) is 0 Å². The number of Topliss-reactive ketones (excluding diaryl/α,β-unsaturated/α-hetero) is 1. The van der Waals surface area contributed by atoms with Crippen LogP contribution in [0.5, 0.6) is 0 Å². The monoisotopic (exact) mass is 292 g/mol. The van der Waals surface area contributed by atoms with Gasteiger partial charge in [-0.1, -0.05) is 37.3 Å². The molecule has 0 saturated carbocycles. The van der Waals surface area contributed by atoms with E-state index >= 15 is 0 Å². The highest BCUT2D eigenvalue weighted by Gasteiger charge is 2.31.